The van der Waals surface area contributed by atoms with E-state index < -0.39 is 6.10 Å². The van der Waals surface area contributed by atoms with Gasteiger partial charge in [-0.25, -0.2) is 0 Å². The number of aromatic nitrogens is 3. The minimum absolute atomic E-state index is 0. The van der Waals surface area contributed by atoms with Gasteiger partial charge in [-0.15, -0.1) is 17.5 Å². The number of nitrogens with zero attached hydrogens (tertiary/aromatic N) is 3. The molecule has 3 N–H and O–H groups in total. The number of aryl methyl sites for hydroxylation is 1. The predicted molar refractivity (Wildman–Crippen MR) is 91.5 cm³/mol. The molecule has 1 unspecified atom stereocenters. The second kappa shape index (κ2) is 7.94. The van der Waals surface area contributed by atoms with Gasteiger partial charge in [0.2, 0.25) is 0 Å². The van der Waals surface area contributed by atoms with Gasteiger partial charge in [-0.2, -0.15) is 0 Å². The van der Waals surface area contributed by atoms with Crippen LogP contribution in [0, 0.1) is 0 Å². The Morgan fingerprint density at radius 2 is 1.91 bits per heavy atom. The molecule has 2 rings (SSSR count). The number of hydrogen-bond acceptors (Lipinski definition) is 6. The summed E-state index contributed by atoms with van der Waals surface area (Å²) in [6.07, 6.45) is 3.43. The molecule has 0 spiro atoms. The van der Waals surface area contributed by atoms with E-state index in [0.29, 0.717) is 6.42 Å². The van der Waals surface area contributed by atoms with Crippen LogP contribution in [0.3, 0.4) is 0 Å². The van der Waals surface area contributed by atoms with Crippen molar-refractivity contribution >= 4 is 19.5 Å². The van der Waals surface area contributed by atoms with Crippen LogP contribution in [0.5, 0.6) is 0 Å². The summed E-state index contributed by atoms with van der Waals surface area (Å²) in [6, 6.07) is 0. The van der Waals surface area contributed by atoms with Crippen molar-refractivity contribution in [2.24, 2.45) is 5.73 Å². The molecule has 9 heteroatoms. The van der Waals surface area contributed by atoms with Crippen molar-refractivity contribution in [3.05, 3.63) is 11.9 Å². The van der Waals surface area contributed by atoms with Gasteiger partial charge in [0.1, 0.15) is 0 Å². The summed E-state index contributed by atoms with van der Waals surface area (Å²) in [5.74, 6) is 0. The summed E-state index contributed by atoms with van der Waals surface area (Å²) in [7, 11) is -0.174. The first kappa shape index (κ1) is 20.4. The maximum atomic E-state index is 9.50. The molecule has 1 aliphatic rings. The van der Waals surface area contributed by atoms with E-state index in [4.69, 9.17) is 15.0 Å². The maximum absolute atomic E-state index is 9.50. The van der Waals surface area contributed by atoms with Gasteiger partial charge in [0.05, 0.1) is 23.0 Å². The van der Waals surface area contributed by atoms with Crippen LogP contribution >= 0.6 is 12.4 Å². The van der Waals surface area contributed by atoms with Crippen LogP contribution in [-0.2, 0) is 22.3 Å². The first-order valence-electron chi connectivity index (χ1n) is 7.86. The largest absolute Gasteiger partial charge is 0.457 e. The summed E-state index contributed by atoms with van der Waals surface area (Å²) in [4.78, 5) is 0. The third-order valence-electron chi connectivity index (χ3n) is 4.43. The monoisotopic (exact) mass is 346 g/mol. The first-order chi connectivity index (χ1) is 10.2. The Labute approximate surface area is 144 Å². The fourth-order valence-electron chi connectivity index (χ4n) is 2.37. The SMILES string of the molecule is CC1(C)OB(CCCn2cc(CC(O)CN)nn2)OC1(C)C.Cl. The van der Waals surface area contributed by atoms with Gasteiger partial charge in [0, 0.05) is 25.7 Å². The van der Waals surface area contributed by atoms with Crippen LogP contribution in [0.4, 0.5) is 0 Å². The van der Waals surface area contributed by atoms with Crippen molar-refractivity contribution in [3.8, 4) is 0 Å². The number of aliphatic hydroxyl groups is 1. The van der Waals surface area contributed by atoms with Gasteiger partial charge in [-0.1, -0.05) is 5.21 Å². The Bertz CT molecular complexity index is 482. The Hall–Kier alpha value is -0.665. The summed E-state index contributed by atoms with van der Waals surface area (Å²) >= 11 is 0. The van der Waals surface area contributed by atoms with E-state index in [9.17, 15) is 5.11 Å². The van der Waals surface area contributed by atoms with Gasteiger partial charge < -0.3 is 20.1 Å². The first-order valence-corrected chi connectivity index (χ1v) is 7.86. The quantitative estimate of drug-likeness (QED) is 0.716. The molecule has 1 fully saturated rings. The summed E-state index contributed by atoms with van der Waals surface area (Å²) in [5.41, 5.74) is 5.58. The smallest absolute Gasteiger partial charge is 0.403 e. The maximum Gasteiger partial charge on any atom is 0.457 e. The number of halogens is 1. The minimum atomic E-state index is -0.560. The van der Waals surface area contributed by atoms with Crippen molar-refractivity contribution in [2.45, 2.75) is 70.7 Å². The highest BCUT2D eigenvalue weighted by molar-refractivity contribution is 6.45. The molecule has 1 aromatic rings. The summed E-state index contributed by atoms with van der Waals surface area (Å²) < 4.78 is 13.7. The zero-order chi connectivity index (χ0) is 16.4. The predicted octanol–water partition coefficient (Wildman–Crippen LogP) is 1.04. The van der Waals surface area contributed by atoms with Gasteiger partial charge in [0.25, 0.3) is 0 Å². The van der Waals surface area contributed by atoms with Crippen LogP contribution in [0.15, 0.2) is 6.20 Å². The highest BCUT2D eigenvalue weighted by Gasteiger charge is 2.50. The van der Waals surface area contributed by atoms with Crippen molar-refractivity contribution in [1.82, 2.24) is 15.0 Å². The standard InChI is InChI=1S/C14H27BN4O3.ClH/c1-13(2)14(3,4)22-15(21-13)6-5-7-19-10-11(17-18-19)8-12(20)9-16;/h10,12,20H,5-9,16H2,1-4H3;1H. The number of hydrogen-bond donors (Lipinski definition) is 2. The zero-order valence-electron chi connectivity index (χ0n) is 14.4. The lowest BCUT2D eigenvalue weighted by atomic mass is 9.83. The Morgan fingerprint density at radius 1 is 1.30 bits per heavy atom. The number of aliphatic hydroxyl groups excluding tert-OH is 1. The van der Waals surface area contributed by atoms with E-state index >= 15 is 0 Å². The Balaban J connectivity index is 0.00000264. The van der Waals surface area contributed by atoms with Crippen LogP contribution in [0.1, 0.15) is 39.8 Å². The molecule has 1 atom stereocenters. The molecule has 132 valence electrons. The average Bonchev–Trinajstić information content (AvgIpc) is 2.92. The van der Waals surface area contributed by atoms with Crippen molar-refractivity contribution < 1.29 is 14.4 Å². The van der Waals surface area contributed by atoms with Crippen LogP contribution in [-0.4, -0.2) is 51.1 Å². The lowest BCUT2D eigenvalue weighted by molar-refractivity contribution is 0.00578. The summed E-state index contributed by atoms with van der Waals surface area (Å²) in [5, 5.41) is 17.6. The van der Waals surface area contributed by atoms with E-state index in [0.717, 1.165) is 25.0 Å². The van der Waals surface area contributed by atoms with E-state index in [2.05, 4.69) is 38.0 Å². The van der Waals surface area contributed by atoms with Gasteiger partial charge in [0.15, 0.2) is 0 Å². The van der Waals surface area contributed by atoms with Crippen LogP contribution in [0.25, 0.3) is 0 Å². The highest BCUT2D eigenvalue weighted by Crippen LogP contribution is 2.37. The van der Waals surface area contributed by atoms with E-state index in [-0.39, 0.29) is 37.3 Å². The molecule has 7 nitrogen and oxygen atoms in total. The van der Waals surface area contributed by atoms with Crippen molar-refractivity contribution in [1.29, 1.82) is 0 Å². The third-order valence-corrected chi connectivity index (χ3v) is 4.43. The fraction of sp³-hybridized carbons (Fsp3) is 0.857. The van der Waals surface area contributed by atoms with E-state index in [1.54, 1.807) is 4.68 Å². The van der Waals surface area contributed by atoms with Gasteiger partial charge in [-0.3, -0.25) is 4.68 Å². The molecule has 0 radical (unpaired) electrons. The number of nitrogens with two attached hydrogens (primary N) is 1. The molecule has 1 aromatic heterocycles. The lowest BCUT2D eigenvalue weighted by Gasteiger charge is -2.32. The zero-order valence-corrected chi connectivity index (χ0v) is 15.2. The van der Waals surface area contributed by atoms with Crippen molar-refractivity contribution in [3.63, 3.8) is 0 Å². The molecule has 2 heterocycles. The molecular formula is C14H28BClN4O3. The normalized spacial score (nSPS) is 20.3. The minimum Gasteiger partial charge on any atom is -0.403 e. The third kappa shape index (κ3) is 5.15. The molecule has 0 saturated carbocycles. The highest BCUT2D eigenvalue weighted by atomic mass is 35.5. The summed E-state index contributed by atoms with van der Waals surface area (Å²) in [6.45, 7) is 9.20. The topological polar surface area (TPSA) is 95.4 Å². The second-order valence-electron chi connectivity index (χ2n) is 6.89. The van der Waals surface area contributed by atoms with E-state index in [1.807, 2.05) is 6.20 Å². The Morgan fingerprint density at radius 3 is 2.48 bits per heavy atom. The average molecular weight is 347 g/mol. The molecule has 1 aliphatic heterocycles. The fourth-order valence-corrected chi connectivity index (χ4v) is 2.37. The van der Waals surface area contributed by atoms with Crippen LogP contribution in [0.2, 0.25) is 6.32 Å². The second-order valence-corrected chi connectivity index (χ2v) is 6.89. The Kier molecular flexibility index (Phi) is 7.03. The lowest BCUT2D eigenvalue weighted by Crippen LogP contribution is -2.41. The number of rotatable bonds is 7. The molecule has 23 heavy (non-hydrogen) atoms. The molecule has 0 bridgehead atoms. The van der Waals surface area contributed by atoms with Gasteiger partial charge in [-0.05, 0) is 40.4 Å². The van der Waals surface area contributed by atoms with Crippen molar-refractivity contribution in [2.75, 3.05) is 6.54 Å². The van der Waals surface area contributed by atoms with E-state index in [1.165, 1.54) is 0 Å². The molecule has 0 aromatic carbocycles. The van der Waals surface area contributed by atoms with Crippen LogP contribution < -0.4 is 5.73 Å². The molecule has 0 aliphatic carbocycles. The molecule has 0 amide bonds. The van der Waals surface area contributed by atoms with Gasteiger partial charge >= 0.3 is 7.12 Å². The molecular weight excluding hydrogens is 318 g/mol. The molecule has 1 saturated heterocycles.